The molecule has 2 heterocycles. The second-order valence-electron chi connectivity index (χ2n) is 5.95. The maximum Gasteiger partial charge on any atom is 0.261 e. The molecule has 1 aliphatic heterocycles. The molecule has 126 valence electrons. The molecule has 1 aromatic heterocycles. The number of carbonyl (C=O) groups excluding carboxylic acids is 1. The molecule has 0 aliphatic carbocycles. The zero-order valence-electron chi connectivity index (χ0n) is 14.1. The van der Waals surface area contributed by atoms with E-state index in [1.54, 1.807) is 13.3 Å². The van der Waals surface area contributed by atoms with Crippen molar-refractivity contribution in [3.05, 3.63) is 53.9 Å². The summed E-state index contributed by atoms with van der Waals surface area (Å²) < 4.78 is 10.9. The van der Waals surface area contributed by atoms with Crippen molar-refractivity contribution in [3.63, 3.8) is 0 Å². The maximum absolute atomic E-state index is 12.6. The number of pyridine rings is 1. The summed E-state index contributed by atoms with van der Waals surface area (Å²) in [5, 5.41) is 0. The highest BCUT2D eigenvalue weighted by Crippen LogP contribution is 2.33. The quantitative estimate of drug-likeness (QED) is 0.847. The zero-order chi connectivity index (χ0) is 16.9. The van der Waals surface area contributed by atoms with Gasteiger partial charge >= 0.3 is 0 Å². The Bertz CT molecular complexity index is 700. The fourth-order valence-electron chi connectivity index (χ4n) is 3.03. The van der Waals surface area contributed by atoms with Gasteiger partial charge in [0.2, 0.25) is 0 Å². The lowest BCUT2D eigenvalue weighted by atomic mass is 10.0. The van der Waals surface area contributed by atoms with Crippen molar-refractivity contribution in [1.29, 1.82) is 0 Å². The van der Waals surface area contributed by atoms with Crippen LogP contribution in [0.3, 0.4) is 0 Å². The highest BCUT2D eigenvalue weighted by molar-refractivity contribution is 5.78. The van der Waals surface area contributed by atoms with Crippen LogP contribution in [0.25, 0.3) is 0 Å². The van der Waals surface area contributed by atoms with Crippen molar-refractivity contribution >= 4 is 5.91 Å². The molecule has 0 N–H and O–H groups in total. The van der Waals surface area contributed by atoms with E-state index in [4.69, 9.17) is 9.47 Å². The summed E-state index contributed by atoms with van der Waals surface area (Å²) in [4.78, 5) is 18.6. The van der Waals surface area contributed by atoms with E-state index in [1.165, 1.54) is 0 Å². The van der Waals surface area contributed by atoms with Crippen LogP contribution in [0, 0.1) is 6.92 Å². The molecule has 5 nitrogen and oxygen atoms in total. The normalized spacial score (nSPS) is 16.9. The van der Waals surface area contributed by atoms with Crippen LogP contribution in [0.5, 0.6) is 11.5 Å². The first-order chi connectivity index (χ1) is 11.7. The number of hydrogen-bond acceptors (Lipinski definition) is 4. The van der Waals surface area contributed by atoms with Crippen molar-refractivity contribution in [2.75, 3.05) is 20.3 Å². The van der Waals surface area contributed by atoms with E-state index in [1.807, 2.05) is 48.2 Å². The summed E-state index contributed by atoms with van der Waals surface area (Å²) in [6.45, 7) is 2.71. The SMILES string of the molecule is COc1cccc([C@@H]2CCCN2C(=O)COc2ccc(C)nc2)c1. The molecular weight excluding hydrogens is 304 g/mol. The molecular formula is C19H22N2O3. The van der Waals surface area contributed by atoms with Crippen LogP contribution in [0.4, 0.5) is 0 Å². The number of rotatable bonds is 5. The van der Waals surface area contributed by atoms with Crippen LogP contribution in [-0.2, 0) is 4.79 Å². The van der Waals surface area contributed by atoms with Crippen molar-refractivity contribution in [3.8, 4) is 11.5 Å². The van der Waals surface area contributed by atoms with Gasteiger partial charge in [-0.3, -0.25) is 9.78 Å². The molecule has 1 saturated heterocycles. The summed E-state index contributed by atoms with van der Waals surface area (Å²) in [6, 6.07) is 11.7. The minimum Gasteiger partial charge on any atom is -0.497 e. The molecule has 24 heavy (non-hydrogen) atoms. The Hall–Kier alpha value is -2.56. The van der Waals surface area contributed by atoms with Gasteiger partial charge in [0.05, 0.1) is 19.3 Å². The third kappa shape index (κ3) is 3.67. The first kappa shape index (κ1) is 16.3. The number of methoxy groups -OCH3 is 1. The van der Waals surface area contributed by atoms with Gasteiger partial charge in [0.25, 0.3) is 5.91 Å². The van der Waals surface area contributed by atoms with Gasteiger partial charge in [0.1, 0.15) is 11.5 Å². The Balaban J connectivity index is 1.65. The number of likely N-dealkylation sites (tertiary alicyclic amines) is 1. The third-order valence-corrected chi connectivity index (χ3v) is 4.30. The third-order valence-electron chi connectivity index (χ3n) is 4.30. The molecule has 1 aliphatic rings. The van der Waals surface area contributed by atoms with Gasteiger partial charge in [-0.05, 0) is 49.6 Å². The van der Waals surface area contributed by atoms with Gasteiger partial charge in [0.15, 0.2) is 6.61 Å². The minimum absolute atomic E-state index is 0.000829. The second kappa shape index (κ2) is 7.34. The van der Waals surface area contributed by atoms with E-state index in [-0.39, 0.29) is 18.6 Å². The van der Waals surface area contributed by atoms with Gasteiger partial charge in [-0.2, -0.15) is 0 Å². The summed E-state index contributed by atoms with van der Waals surface area (Å²) in [5.74, 6) is 1.43. The Morgan fingerprint density at radius 3 is 2.92 bits per heavy atom. The van der Waals surface area contributed by atoms with Gasteiger partial charge in [-0.15, -0.1) is 0 Å². The predicted octanol–water partition coefficient (Wildman–Crippen LogP) is 3.14. The fourth-order valence-corrected chi connectivity index (χ4v) is 3.03. The predicted molar refractivity (Wildman–Crippen MR) is 91.2 cm³/mol. The van der Waals surface area contributed by atoms with Crippen LogP contribution < -0.4 is 9.47 Å². The molecule has 2 aromatic rings. The van der Waals surface area contributed by atoms with Gasteiger partial charge in [-0.25, -0.2) is 0 Å². The Labute approximate surface area is 142 Å². The number of benzene rings is 1. The number of amides is 1. The molecule has 0 unspecified atom stereocenters. The molecule has 3 rings (SSSR count). The van der Waals surface area contributed by atoms with E-state index in [9.17, 15) is 4.79 Å². The van der Waals surface area contributed by atoms with E-state index in [0.717, 1.165) is 36.4 Å². The Morgan fingerprint density at radius 1 is 1.29 bits per heavy atom. The fraction of sp³-hybridized carbons (Fsp3) is 0.368. The highest BCUT2D eigenvalue weighted by atomic mass is 16.5. The molecule has 0 radical (unpaired) electrons. The van der Waals surface area contributed by atoms with E-state index < -0.39 is 0 Å². The van der Waals surface area contributed by atoms with Crippen LogP contribution in [0.2, 0.25) is 0 Å². The number of ether oxygens (including phenoxy) is 2. The Kier molecular flexibility index (Phi) is 4.99. The zero-order valence-corrected chi connectivity index (χ0v) is 14.1. The maximum atomic E-state index is 12.6. The minimum atomic E-state index is 0.000829. The van der Waals surface area contributed by atoms with Gasteiger partial charge in [0, 0.05) is 12.2 Å². The van der Waals surface area contributed by atoms with Crippen molar-refractivity contribution < 1.29 is 14.3 Å². The lowest BCUT2D eigenvalue weighted by Gasteiger charge is -2.25. The van der Waals surface area contributed by atoms with Crippen LogP contribution in [-0.4, -0.2) is 36.1 Å². The average Bonchev–Trinajstić information content (AvgIpc) is 3.11. The lowest BCUT2D eigenvalue weighted by Crippen LogP contribution is -2.34. The molecule has 1 atom stereocenters. The lowest BCUT2D eigenvalue weighted by molar-refractivity contribution is -0.134. The number of aromatic nitrogens is 1. The molecule has 0 saturated carbocycles. The summed E-state index contributed by atoms with van der Waals surface area (Å²) in [5.41, 5.74) is 2.03. The van der Waals surface area contributed by atoms with E-state index in [0.29, 0.717) is 5.75 Å². The molecule has 1 fully saturated rings. The molecule has 1 amide bonds. The van der Waals surface area contributed by atoms with Crippen LogP contribution in [0.1, 0.15) is 30.1 Å². The number of carbonyl (C=O) groups is 1. The first-order valence-corrected chi connectivity index (χ1v) is 8.16. The summed E-state index contributed by atoms with van der Waals surface area (Å²) in [6.07, 6.45) is 3.61. The molecule has 5 heteroatoms. The summed E-state index contributed by atoms with van der Waals surface area (Å²) >= 11 is 0. The highest BCUT2D eigenvalue weighted by Gasteiger charge is 2.30. The number of nitrogens with zero attached hydrogens (tertiary/aromatic N) is 2. The van der Waals surface area contributed by atoms with E-state index in [2.05, 4.69) is 4.98 Å². The standard InChI is InChI=1S/C19H22N2O3/c1-14-8-9-17(12-20-14)24-13-19(22)21-10-4-7-18(21)15-5-3-6-16(11-15)23-2/h3,5-6,8-9,11-12,18H,4,7,10,13H2,1-2H3/t18-/m0/s1. The smallest absolute Gasteiger partial charge is 0.261 e. The number of hydrogen-bond donors (Lipinski definition) is 0. The monoisotopic (exact) mass is 326 g/mol. The van der Waals surface area contributed by atoms with Crippen molar-refractivity contribution in [2.24, 2.45) is 0 Å². The van der Waals surface area contributed by atoms with Crippen LogP contribution >= 0.6 is 0 Å². The largest absolute Gasteiger partial charge is 0.497 e. The molecule has 0 spiro atoms. The van der Waals surface area contributed by atoms with Gasteiger partial charge < -0.3 is 14.4 Å². The molecule has 0 bridgehead atoms. The number of aryl methyl sites for hydroxylation is 1. The second-order valence-corrected chi connectivity index (χ2v) is 5.95. The van der Waals surface area contributed by atoms with Crippen molar-refractivity contribution in [2.45, 2.75) is 25.8 Å². The summed E-state index contributed by atoms with van der Waals surface area (Å²) in [7, 11) is 1.65. The van der Waals surface area contributed by atoms with Crippen LogP contribution in [0.15, 0.2) is 42.6 Å². The average molecular weight is 326 g/mol. The first-order valence-electron chi connectivity index (χ1n) is 8.16. The van der Waals surface area contributed by atoms with Crippen molar-refractivity contribution in [1.82, 2.24) is 9.88 Å². The Morgan fingerprint density at radius 2 is 2.17 bits per heavy atom. The topological polar surface area (TPSA) is 51.7 Å². The van der Waals surface area contributed by atoms with E-state index >= 15 is 0 Å². The molecule has 1 aromatic carbocycles. The van der Waals surface area contributed by atoms with Gasteiger partial charge in [-0.1, -0.05) is 12.1 Å².